The molecule has 0 aliphatic heterocycles. The number of rotatable bonds is 3. The first kappa shape index (κ1) is 14.6. The van der Waals surface area contributed by atoms with Crippen LogP contribution >= 0.6 is 27.7 Å². The van der Waals surface area contributed by atoms with E-state index in [1.807, 2.05) is 0 Å². The van der Waals surface area contributed by atoms with E-state index in [0.29, 0.717) is 16.4 Å². The van der Waals surface area contributed by atoms with Crippen LogP contribution in [0.4, 0.5) is 0 Å². The van der Waals surface area contributed by atoms with Crippen LogP contribution in [0.2, 0.25) is 0 Å². The summed E-state index contributed by atoms with van der Waals surface area (Å²) in [5, 5.41) is 12.1. The smallest absolute Gasteiger partial charge is 0.251 e. The van der Waals surface area contributed by atoms with Gasteiger partial charge < -0.3 is 15.9 Å². The summed E-state index contributed by atoms with van der Waals surface area (Å²) < 4.78 is 0.760. The molecule has 104 valence electrons. The first-order chi connectivity index (χ1) is 9.49. The Bertz CT molecular complexity index is 730. The quantitative estimate of drug-likeness (QED) is 0.257. The standard InChI is InChI=1S/C12H11BrN4O2S/c1-6-4-10(18)16-12(15-6)20-9-3-2-7(5-8(9)13)11(14)17-19/h2-5,19H,1H3,(H2,14,17)(H,15,16,18). The van der Waals surface area contributed by atoms with E-state index in [1.54, 1.807) is 25.1 Å². The van der Waals surface area contributed by atoms with Crippen molar-refractivity contribution in [1.82, 2.24) is 9.97 Å². The SMILES string of the molecule is Cc1cc(=O)[nH]c(Sc2ccc(/C(N)=N/O)cc2Br)n1. The molecule has 0 radical (unpaired) electrons. The monoisotopic (exact) mass is 354 g/mol. The molecule has 0 bridgehead atoms. The Morgan fingerprint density at radius 2 is 2.25 bits per heavy atom. The van der Waals surface area contributed by atoms with Crippen LogP contribution in [0.1, 0.15) is 11.3 Å². The molecule has 20 heavy (non-hydrogen) atoms. The fraction of sp³-hybridized carbons (Fsp3) is 0.0833. The van der Waals surface area contributed by atoms with E-state index in [0.717, 1.165) is 9.37 Å². The summed E-state index contributed by atoms with van der Waals surface area (Å²) in [6, 6.07) is 6.67. The molecule has 2 aromatic rings. The number of hydrogen-bond acceptors (Lipinski definition) is 5. The van der Waals surface area contributed by atoms with Gasteiger partial charge >= 0.3 is 0 Å². The van der Waals surface area contributed by atoms with Gasteiger partial charge in [0.25, 0.3) is 5.56 Å². The molecule has 0 aliphatic carbocycles. The van der Waals surface area contributed by atoms with Crippen LogP contribution in [0.5, 0.6) is 0 Å². The molecular weight excluding hydrogens is 344 g/mol. The lowest BCUT2D eigenvalue weighted by Crippen LogP contribution is -2.12. The summed E-state index contributed by atoms with van der Waals surface area (Å²) in [7, 11) is 0. The Morgan fingerprint density at radius 3 is 2.85 bits per heavy atom. The van der Waals surface area contributed by atoms with Crippen LogP contribution in [0.15, 0.2) is 48.7 Å². The third-order valence-electron chi connectivity index (χ3n) is 2.39. The molecule has 0 aliphatic rings. The van der Waals surface area contributed by atoms with Crippen LogP contribution in [-0.4, -0.2) is 21.0 Å². The fourth-order valence-electron chi connectivity index (χ4n) is 1.50. The number of amidine groups is 1. The average Bonchev–Trinajstić information content (AvgIpc) is 2.39. The molecule has 0 unspecified atom stereocenters. The van der Waals surface area contributed by atoms with E-state index in [-0.39, 0.29) is 11.4 Å². The van der Waals surface area contributed by atoms with E-state index >= 15 is 0 Å². The number of nitrogens with zero attached hydrogens (tertiary/aromatic N) is 2. The molecule has 0 amide bonds. The largest absolute Gasteiger partial charge is 0.409 e. The molecule has 0 saturated heterocycles. The van der Waals surface area contributed by atoms with Crippen molar-refractivity contribution in [3.63, 3.8) is 0 Å². The minimum absolute atomic E-state index is 0.0318. The Kier molecular flexibility index (Phi) is 4.46. The number of aromatic amines is 1. The van der Waals surface area contributed by atoms with Crippen molar-refractivity contribution in [1.29, 1.82) is 0 Å². The lowest BCUT2D eigenvalue weighted by Gasteiger charge is -2.06. The minimum atomic E-state index is -0.190. The molecule has 4 N–H and O–H groups in total. The molecule has 0 saturated carbocycles. The maximum atomic E-state index is 11.4. The highest BCUT2D eigenvalue weighted by Gasteiger charge is 2.08. The minimum Gasteiger partial charge on any atom is -0.409 e. The third-order valence-corrected chi connectivity index (χ3v) is 4.27. The van der Waals surface area contributed by atoms with Crippen LogP contribution < -0.4 is 11.3 Å². The second kappa shape index (κ2) is 6.10. The summed E-state index contributed by atoms with van der Waals surface area (Å²) in [5.41, 5.74) is 6.57. The third kappa shape index (κ3) is 3.40. The number of benzene rings is 1. The van der Waals surface area contributed by atoms with Gasteiger partial charge in [0, 0.05) is 26.7 Å². The number of H-pyrrole nitrogens is 1. The molecule has 1 heterocycles. The fourth-order valence-corrected chi connectivity index (χ4v) is 2.97. The summed E-state index contributed by atoms with van der Waals surface area (Å²) >= 11 is 4.72. The van der Waals surface area contributed by atoms with Gasteiger partial charge in [-0.25, -0.2) is 4.98 Å². The normalized spacial score (nSPS) is 11.6. The van der Waals surface area contributed by atoms with E-state index < -0.39 is 0 Å². The highest BCUT2D eigenvalue weighted by molar-refractivity contribution is 9.10. The Labute approximate surface area is 127 Å². The number of oxime groups is 1. The van der Waals surface area contributed by atoms with E-state index in [4.69, 9.17) is 10.9 Å². The maximum Gasteiger partial charge on any atom is 0.251 e. The van der Waals surface area contributed by atoms with Gasteiger partial charge in [0.2, 0.25) is 0 Å². The number of aryl methyl sites for hydroxylation is 1. The van der Waals surface area contributed by atoms with Crippen molar-refractivity contribution in [3.8, 4) is 0 Å². The van der Waals surface area contributed by atoms with Gasteiger partial charge in [-0.2, -0.15) is 0 Å². The zero-order valence-electron chi connectivity index (χ0n) is 10.4. The zero-order valence-corrected chi connectivity index (χ0v) is 12.8. The van der Waals surface area contributed by atoms with Crippen molar-refractivity contribution in [2.75, 3.05) is 0 Å². The molecule has 6 nitrogen and oxygen atoms in total. The van der Waals surface area contributed by atoms with Crippen molar-refractivity contribution >= 4 is 33.5 Å². The first-order valence-electron chi connectivity index (χ1n) is 5.53. The lowest BCUT2D eigenvalue weighted by atomic mass is 10.2. The molecule has 0 spiro atoms. The number of nitrogens with one attached hydrogen (secondary N) is 1. The van der Waals surface area contributed by atoms with Crippen molar-refractivity contribution < 1.29 is 5.21 Å². The van der Waals surface area contributed by atoms with Gasteiger partial charge in [0.15, 0.2) is 11.0 Å². The van der Waals surface area contributed by atoms with Gasteiger partial charge in [0.1, 0.15) is 0 Å². The highest BCUT2D eigenvalue weighted by atomic mass is 79.9. The average molecular weight is 355 g/mol. The summed E-state index contributed by atoms with van der Waals surface area (Å²) in [4.78, 5) is 19.1. The summed E-state index contributed by atoms with van der Waals surface area (Å²) in [6.07, 6.45) is 0. The van der Waals surface area contributed by atoms with E-state index in [1.165, 1.54) is 17.8 Å². The maximum absolute atomic E-state index is 11.4. The van der Waals surface area contributed by atoms with Crippen molar-refractivity contribution in [2.45, 2.75) is 17.0 Å². The Hall–Kier alpha value is -1.80. The molecule has 1 aromatic heterocycles. The topological polar surface area (TPSA) is 104 Å². The van der Waals surface area contributed by atoms with E-state index in [9.17, 15) is 4.79 Å². The molecule has 0 fully saturated rings. The van der Waals surface area contributed by atoms with Crippen LogP contribution in [-0.2, 0) is 0 Å². The zero-order chi connectivity index (χ0) is 14.7. The van der Waals surface area contributed by atoms with Gasteiger partial charge in [0.05, 0.1) is 0 Å². The Balaban J connectivity index is 2.32. The molecule has 2 rings (SSSR count). The van der Waals surface area contributed by atoms with E-state index in [2.05, 4.69) is 31.1 Å². The molecule has 8 heteroatoms. The number of hydrogen-bond donors (Lipinski definition) is 3. The van der Waals surface area contributed by atoms with Gasteiger partial charge in [-0.3, -0.25) is 4.79 Å². The molecular formula is C12H11BrN4O2S. The highest BCUT2D eigenvalue weighted by Crippen LogP contribution is 2.31. The van der Waals surface area contributed by atoms with Gasteiger partial charge in [-0.15, -0.1) is 0 Å². The second-order valence-electron chi connectivity index (χ2n) is 3.92. The van der Waals surface area contributed by atoms with Gasteiger partial charge in [-0.05, 0) is 41.1 Å². The number of aromatic nitrogens is 2. The number of nitrogens with two attached hydrogens (primary N) is 1. The van der Waals surface area contributed by atoms with Crippen LogP contribution in [0, 0.1) is 6.92 Å². The van der Waals surface area contributed by atoms with Crippen LogP contribution in [0.3, 0.4) is 0 Å². The predicted octanol–water partition coefficient (Wildman–Crippen LogP) is 2.09. The van der Waals surface area contributed by atoms with Crippen molar-refractivity contribution in [2.24, 2.45) is 10.9 Å². The summed E-state index contributed by atoms with van der Waals surface area (Å²) in [6.45, 7) is 1.76. The second-order valence-corrected chi connectivity index (χ2v) is 5.81. The molecule has 0 atom stereocenters. The lowest BCUT2D eigenvalue weighted by molar-refractivity contribution is 0.318. The number of halogens is 1. The Morgan fingerprint density at radius 1 is 1.50 bits per heavy atom. The summed E-state index contributed by atoms with van der Waals surface area (Å²) in [5.74, 6) is 0.0318. The van der Waals surface area contributed by atoms with Crippen molar-refractivity contribution in [3.05, 3.63) is 50.3 Å². The predicted molar refractivity (Wildman–Crippen MR) is 80.4 cm³/mol. The van der Waals surface area contributed by atoms with Crippen LogP contribution in [0.25, 0.3) is 0 Å². The molecule has 1 aromatic carbocycles. The van der Waals surface area contributed by atoms with Gasteiger partial charge in [-0.1, -0.05) is 16.9 Å². The first-order valence-corrected chi connectivity index (χ1v) is 7.14.